The molecule has 18 heavy (non-hydrogen) atoms. The number of carbonyl (C=O) groups excluding carboxylic acids is 1. The van der Waals surface area contributed by atoms with Crippen LogP contribution in [-0.2, 0) is 4.74 Å². The lowest BCUT2D eigenvalue weighted by atomic mass is 9.98. The Morgan fingerprint density at radius 1 is 1.33 bits per heavy atom. The van der Waals surface area contributed by atoms with Gasteiger partial charge in [-0.1, -0.05) is 12.1 Å². The average Bonchev–Trinajstić information content (AvgIpc) is 2.38. The standard InChI is InChI=1S/C15H21NO2/c1-15(2,18-3)9-11-16-10-8-14(17)12-6-4-5-7-13(12)16/h4-7H,8-11H2,1-3H3. The number of Topliss-reactive ketones (excluding diaryl/α,β-unsaturated/α-hetero) is 1. The first-order valence-electron chi connectivity index (χ1n) is 6.46. The van der Waals surface area contributed by atoms with Gasteiger partial charge in [-0.25, -0.2) is 0 Å². The molecule has 0 saturated heterocycles. The van der Waals surface area contributed by atoms with Crippen molar-refractivity contribution in [1.29, 1.82) is 0 Å². The first-order valence-corrected chi connectivity index (χ1v) is 6.46. The van der Waals surface area contributed by atoms with Crippen LogP contribution >= 0.6 is 0 Å². The third-order valence-electron chi connectivity index (χ3n) is 3.69. The fraction of sp³-hybridized carbons (Fsp3) is 0.533. The highest BCUT2D eigenvalue weighted by Gasteiger charge is 2.24. The third-order valence-corrected chi connectivity index (χ3v) is 3.69. The number of methoxy groups -OCH3 is 1. The van der Waals surface area contributed by atoms with Gasteiger partial charge in [0.1, 0.15) is 0 Å². The van der Waals surface area contributed by atoms with Crippen molar-refractivity contribution in [1.82, 2.24) is 0 Å². The number of hydrogen-bond acceptors (Lipinski definition) is 3. The van der Waals surface area contributed by atoms with E-state index in [1.165, 1.54) is 0 Å². The number of benzene rings is 1. The van der Waals surface area contributed by atoms with Crippen molar-refractivity contribution < 1.29 is 9.53 Å². The Bertz CT molecular complexity index is 440. The van der Waals surface area contributed by atoms with Gasteiger partial charge in [-0.3, -0.25) is 4.79 Å². The van der Waals surface area contributed by atoms with Crippen molar-refractivity contribution in [2.45, 2.75) is 32.3 Å². The second-order valence-electron chi connectivity index (χ2n) is 5.39. The smallest absolute Gasteiger partial charge is 0.166 e. The number of nitrogens with zero attached hydrogens (tertiary/aromatic N) is 1. The fourth-order valence-electron chi connectivity index (χ4n) is 2.22. The van der Waals surface area contributed by atoms with Crippen molar-refractivity contribution in [2.24, 2.45) is 0 Å². The van der Waals surface area contributed by atoms with Crippen LogP contribution in [0.3, 0.4) is 0 Å². The Morgan fingerprint density at radius 2 is 2.06 bits per heavy atom. The molecule has 0 unspecified atom stereocenters. The molecule has 0 saturated carbocycles. The van der Waals surface area contributed by atoms with Crippen LogP contribution in [0.25, 0.3) is 0 Å². The molecule has 0 fully saturated rings. The van der Waals surface area contributed by atoms with E-state index in [1.54, 1.807) is 7.11 Å². The summed E-state index contributed by atoms with van der Waals surface area (Å²) in [7, 11) is 1.74. The molecular weight excluding hydrogens is 226 g/mol. The van der Waals surface area contributed by atoms with Crippen LogP contribution in [-0.4, -0.2) is 31.6 Å². The minimum atomic E-state index is -0.115. The third kappa shape index (κ3) is 2.72. The molecule has 0 aromatic heterocycles. The molecule has 2 rings (SSSR count). The Balaban J connectivity index is 2.12. The molecule has 0 spiro atoms. The Morgan fingerprint density at radius 3 is 2.78 bits per heavy atom. The molecule has 3 heteroatoms. The Kier molecular flexibility index (Phi) is 3.71. The van der Waals surface area contributed by atoms with Gasteiger partial charge in [0.2, 0.25) is 0 Å². The van der Waals surface area contributed by atoms with E-state index < -0.39 is 0 Å². The van der Waals surface area contributed by atoms with E-state index >= 15 is 0 Å². The highest BCUT2D eigenvalue weighted by atomic mass is 16.5. The molecule has 98 valence electrons. The molecule has 1 aliphatic rings. The van der Waals surface area contributed by atoms with E-state index in [2.05, 4.69) is 18.7 Å². The van der Waals surface area contributed by atoms with Gasteiger partial charge in [-0.05, 0) is 32.4 Å². The van der Waals surface area contributed by atoms with Crippen molar-refractivity contribution in [3.63, 3.8) is 0 Å². The monoisotopic (exact) mass is 247 g/mol. The number of carbonyl (C=O) groups is 1. The molecule has 0 N–H and O–H groups in total. The van der Waals surface area contributed by atoms with E-state index in [-0.39, 0.29) is 11.4 Å². The average molecular weight is 247 g/mol. The van der Waals surface area contributed by atoms with E-state index in [0.717, 1.165) is 30.8 Å². The predicted molar refractivity (Wildman–Crippen MR) is 73.3 cm³/mol. The van der Waals surface area contributed by atoms with Crippen molar-refractivity contribution in [3.05, 3.63) is 29.8 Å². The van der Waals surface area contributed by atoms with E-state index in [9.17, 15) is 4.79 Å². The van der Waals surface area contributed by atoms with Gasteiger partial charge in [-0.15, -0.1) is 0 Å². The summed E-state index contributed by atoms with van der Waals surface area (Å²) in [4.78, 5) is 14.1. The molecule has 1 heterocycles. The highest BCUT2D eigenvalue weighted by Crippen LogP contribution is 2.27. The maximum Gasteiger partial charge on any atom is 0.166 e. The van der Waals surface area contributed by atoms with E-state index in [4.69, 9.17) is 4.74 Å². The topological polar surface area (TPSA) is 29.5 Å². The summed E-state index contributed by atoms with van der Waals surface area (Å²) in [6, 6.07) is 7.88. The summed E-state index contributed by atoms with van der Waals surface area (Å²) >= 11 is 0. The largest absolute Gasteiger partial charge is 0.379 e. The fourth-order valence-corrected chi connectivity index (χ4v) is 2.22. The number of anilines is 1. The number of ether oxygens (including phenoxy) is 1. The molecule has 1 aromatic carbocycles. The predicted octanol–water partition coefficient (Wildman–Crippen LogP) is 2.89. The zero-order valence-corrected chi connectivity index (χ0v) is 11.4. The lowest BCUT2D eigenvalue weighted by Crippen LogP contribution is -2.36. The lowest BCUT2D eigenvalue weighted by Gasteiger charge is -2.33. The second-order valence-corrected chi connectivity index (χ2v) is 5.39. The van der Waals surface area contributed by atoms with Gasteiger partial charge >= 0.3 is 0 Å². The van der Waals surface area contributed by atoms with Gasteiger partial charge in [0.05, 0.1) is 5.60 Å². The maximum atomic E-state index is 11.8. The van der Waals surface area contributed by atoms with Crippen LogP contribution in [0, 0.1) is 0 Å². The molecule has 0 bridgehead atoms. The van der Waals surface area contributed by atoms with Gasteiger partial charge in [0.15, 0.2) is 5.78 Å². The van der Waals surface area contributed by atoms with Crippen molar-refractivity contribution in [2.75, 3.05) is 25.1 Å². The quantitative estimate of drug-likeness (QED) is 0.819. The minimum absolute atomic E-state index is 0.115. The number of ketones is 1. The molecule has 3 nitrogen and oxygen atoms in total. The molecule has 0 radical (unpaired) electrons. The molecule has 1 aromatic rings. The van der Waals surface area contributed by atoms with Gasteiger partial charge in [0, 0.05) is 37.9 Å². The molecular formula is C15H21NO2. The van der Waals surface area contributed by atoms with Crippen LogP contribution in [0.4, 0.5) is 5.69 Å². The van der Waals surface area contributed by atoms with Crippen LogP contribution in [0.1, 0.15) is 37.0 Å². The zero-order chi connectivity index (χ0) is 13.2. The van der Waals surface area contributed by atoms with Crippen LogP contribution in [0.2, 0.25) is 0 Å². The summed E-state index contributed by atoms with van der Waals surface area (Å²) in [5, 5.41) is 0. The second kappa shape index (κ2) is 5.11. The Hall–Kier alpha value is -1.35. The van der Waals surface area contributed by atoms with Crippen LogP contribution in [0.5, 0.6) is 0 Å². The molecule has 0 amide bonds. The Labute approximate surface area is 109 Å². The van der Waals surface area contributed by atoms with Gasteiger partial charge in [-0.2, -0.15) is 0 Å². The summed E-state index contributed by atoms with van der Waals surface area (Å²) in [6.07, 6.45) is 1.57. The first-order chi connectivity index (χ1) is 8.53. The number of fused-ring (bicyclic) bond motifs is 1. The molecule has 0 aliphatic carbocycles. The SMILES string of the molecule is COC(C)(C)CCN1CCC(=O)c2ccccc21. The molecule has 1 aliphatic heterocycles. The lowest BCUT2D eigenvalue weighted by molar-refractivity contribution is 0.0172. The number of para-hydroxylation sites is 1. The zero-order valence-electron chi connectivity index (χ0n) is 11.4. The van der Waals surface area contributed by atoms with E-state index in [1.807, 2.05) is 24.3 Å². The summed E-state index contributed by atoms with van der Waals surface area (Å²) in [5.41, 5.74) is 1.82. The van der Waals surface area contributed by atoms with E-state index in [0.29, 0.717) is 6.42 Å². The van der Waals surface area contributed by atoms with Gasteiger partial charge in [0.25, 0.3) is 0 Å². The number of rotatable bonds is 4. The number of hydrogen-bond donors (Lipinski definition) is 0. The van der Waals surface area contributed by atoms with Crippen molar-refractivity contribution >= 4 is 11.5 Å². The maximum absolute atomic E-state index is 11.8. The van der Waals surface area contributed by atoms with Gasteiger partial charge < -0.3 is 9.64 Å². The summed E-state index contributed by atoms with van der Waals surface area (Å²) in [5.74, 6) is 0.257. The summed E-state index contributed by atoms with van der Waals surface area (Å²) < 4.78 is 5.44. The highest BCUT2D eigenvalue weighted by molar-refractivity contribution is 6.03. The van der Waals surface area contributed by atoms with Crippen LogP contribution < -0.4 is 4.90 Å². The van der Waals surface area contributed by atoms with Crippen molar-refractivity contribution in [3.8, 4) is 0 Å². The molecule has 0 atom stereocenters. The normalized spacial score (nSPS) is 15.7. The summed E-state index contributed by atoms with van der Waals surface area (Å²) in [6.45, 7) is 5.92. The first kappa shape index (κ1) is 13.1. The van der Waals surface area contributed by atoms with Crippen LogP contribution in [0.15, 0.2) is 24.3 Å². The minimum Gasteiger partial charge on any atom is -0.379 e.